The number of nitrogens with zero attached hydrogens (tertiary/aromatic N) is 2. The number of anilines is 1. The standard InChI is InChI=1S/C26H26BrCl2N3O4S/c1-3-24(26(34)30-2)31(16-18-12-13-20(28)15-23(18)29)25(33)17-32(21-9-7-8-19(27)14-21)37(35,36)22-10-5-4-6-11-22/h4-15,24H,3,16-17H2,1-2H3,(H,30,34)/t24-/m0/s1. The Bertz CT molecular complexity index is 1370. The molecule has 0 aliphatic heterocycles. The van der Waals surface area contributed by atoms with E-state index >= 15 is 0 Å². The first-order valence-corrected chi connectivity index (χ1v) is 14.4. The molecule has 1 N–H and O–H groups in total. The third-order valence-corrected chi connectivity index (χ3v) is 8.56. The predicted molar refractivity (Wildman–Crippen MR) is 150 cm³/mol. The molecule has 3 aromatic carbocycles. The number of hydrogen-bond acceptors (Lipinski definition) is 4. The van der Waals surface area contributed by atoms with Crippen LogP contribution in [0.3, 0.4) is 0 Å². The van der Waals surface area contributed by atoms with Gasteiger partial charge in [-0.1, -0.05) is 76.4 Å². The molecule has 7 nitrogen and oxygen atoms in total. The molecule has 0 aliphatic rings. The van der Waals surface area contributed by atoms with Crippen LogP contribution < -0.4 is 9.62 Å². The van der Waals surface area contributed by atoms with E-state index < -0.39 is 28.5 Å². The van der Waals surface area contributed by atoms with E-state index in [2.05, 4.69) is 21.2 Å². The van der Waals surface area contributed by atoms with Gasteiger partial charge in [0.25, 0.3) is 10.0 Å². The second-order valence-corrected chi connectivity index (χ2v) is 11.7. The van der Waals surface area contributed by atoms with Crippen LogP contribution in [-0.4, -0.2) is 44.8 Å². The fourth-order valence-electron chi connectivity index (χ4n) is 3.80. The summed E-state index contributed by atoms with van der Waals surface area (Å²) < 4.78 is 29.1. The van der Waals surface area contributed by atoms with Gasteiger partial charge in [0.15, 0.2) is 0 Å². The van der Waals surface area contributed by atoms with Gasteiger partial charge in [0, 0.05) is 28.1 Å². The Hall–Kier alpha value is -2.59. The molecular formula is C26H26BrCl2N3O4S. The van der Waals surface area contributed by atoms with Crippen LogP contribution in [0.2, 0.25) is 10.0 Å². The Morgan fingerprint density at radius 2 is 1.70 bits per heavy atom. The van der Waals surface area contributed by atoms with Crippen molar-refractivity contribution in [2.45, 2.75) is 30.8 Å². The zero-order valence-corrected chi connectivity index (χ0v) is 24.1. The summed E-state index contributed by atoms with van der Waals surface area (Å²) in [5.41, 5.74) is 0.866. The molecule has 0 unspecified atom stereocenters. The van der Waals surface area contributed by atoms with Crippen molar-refractivity contribution in [1.29, 1.82) is 0 Å². The van der Waals surface area contributed by atoms with Crippen LogP contribution in [0, 0.1) is 0 Å². The molecule has 0 radical (unpaired) electrons. The zero-order chi connectivity index (χ0) is 27.2. The molecule has 0 fully saturated rings. The Morgan fingerprint density at radius 1 is 1.00 bits per heavy atom. The van der Waals surface area contributed by atoms with Crippen LogP contribution in [0.15, 0.2) is 82.2 Å². The van der Waals surface area contributed by atoms with Gasteiger partial charge in [-0.05, 0) is 54.4 Å². The van der Waals surface area contributed by atoms with Gasteiger partial charge in [0.2, 0.25) is 11.8 Å². The second kappa shape index (κ2) is 12.8. The summed E-state index contributed by atoms with van der Waals surface area (Å²) in [5, 5.41) is 3.35. The lowest BCUT2D eigenvalue weighted by Gasteiger charge is -2.33. The molecular weight excluding hydrogens is 601 g/mol. The summed E-state index contributed by atoms with van der Waals surface area (Å²) in [7, 11) is -2.64. The molecule has 0 bridgehead atoms. The van der Waals surface area contributed by atoms with Crippen molar-refractivity contribution in [3.05, 3.63) is 92.9 Å². The van der Waals surface area contributed by atoms with Gasteiger partial charge >= 0.3 is 0 Å². The third kappa shape index (κ3) is 7.04. The molecule has 0 aliphatic carbocycles. The molecule has 1 atom stereocenters. The minimum atomic E-state index is -4.12. The molecule has 0 saturated heterocycles. The van der Waals surface area contributed by atoms with Crippen molar-refractivity contribution < 1.29 is 18.0 Å². The predicted octanol–water partition coefficient (Wildman–Crippen LogP) is 5.50. The number of likely N-dealkylation sites (N-methyl/N-ethyl adjacent to an activating group) is 1. The normalized spacial score (nSPS) is 12.0. The SMILES string of the molecule is CC[C@@H](C(=O)NC)N(Cc1ccc(Cl)cc1Cl)C(=O)CN(c1cccc(Br)c1)S(=O)(=O)c1ccccc1. The highest BCUT2D eigenvalue weighted by Crippen LogP contribution is 2.28. The highest BCUT2D eigenvalue weighted by molar-refractivity contribution is 9.10. The van der Waals surface area contributed by atoms with E-state index in [9.17, 15) is 18.0 Å². The minimum absolute atomic E-state index is 0.0154. The molecule has 37 heavy (non-hydrogen) atoms. The van der Waals surface area contributed by atoms with Crippen molar-refractivity contribution in [2.75, 3.05) is 17.9 Å². The highest BCUT2D eigenvalue weighted by Gasteiger charge is 2.33. The van der Waals surface area contributed by atoms with Crippen LogP contribution in [0.25, 0.3) is 0 Å². The summed E-state index contributed by atoms with van der Waals surface area (Å²) in [6, 6.07) is 18.5. The largest absolute Gasteiger partial charge is 0.357 e. The fraction of sp³-hybridized carbons (Fsp3) is 0.231. The number of carbonyl (C=O) groups excluding carboxylic acids is 2. The number of carbonyl (C=O) groups is 2. The summed E-state index contributed by atoms with van der Waals surface area (Å²) in [4.78, 5) is 28.0. The number of amides is 2. The van der Waals surface area contributed by atoms with Crippen molar-refractivity contribution in [3.63, 3.8) is 0 Å². The van der Waals surface area contributed by atoms with Crippen molar-refractivity contribution in [1.82, 2.24) is 10.2 Å². The van der Waals surface area contributed by atoms with Gasteiger partial charge in [-0.2, -0.15) is 0 Å². The first-order valence-electron chi connectivity index (χ1n) is 11.4. The van der Waals surface area contributed by atoms with Crippen LogP contribution in [0.5, 0.6) is 0 Å². The van der Waals surface area contributed by atoms with Crippen LogP contribution in [-0.2, 0) is 26.2 Å². The Balaban J connectivity index is 2.07. The molecule has 0 aromatic heterocycles. The smallest absolute Gasteiger partial charge is 0.264 e. The summed E-state index contributed by atoms with van der Waals surface area (Å²) in [6.07, 6.45) is 0.305. The maximum absolute atomic E-state index is 13.9. The first kappa shape index (κ1) is 29.0. The van der Waals surface area contributed by atoms with Crippen molar-refractivity contribution in [3.8, 4) is 0 Å². The lowest BCUT2D eigenvalue weighted by atomic mass is 10.1. The van der Waals surface area contributed by atoms with Gasteiger partial charge in [0.05, 0.1) is 10.6 Å². The first-order chi connectivity index (χ1) is 17.6. The summed E-state index contributed by atoms with van der Waals surface area (Å²) in [6.45, 7) is 1.22. The summed E-state index contributed by atoms with van der Waals surface area (Å²) >= 11 is 15.8. The van der Waals surface area contributed by atoms with E-state index in [0.717, 1.165) is 4.31 Å². The van der Waals surface area contributed by atoms with E-state index in [1.54, 1.807) is 67.6 Å². The van der Waals surface area contributed by atoms with E-state index in [1.165, 1.54) is 24.1 Å². The van der Waals surface area contributed by atoms with Gasteiger partial charge in [0.1, 0.15) is 12.6 Å². The van der Waals surface area contributed by atoms with E-state index in [1.807, 2.05) is 0 Å². The average Bonchev–Trinajstić information content (AvgIpc) is 2.88. The Morgan fingerprint density at radius 3 is 2.30 bits per heavy atom. The quantitative estimate of drug-likeness (QED) is 0.322. The lowest BCUT2D eigenvalue weighted by molar-refractivity contribution is -0.140. The average molecular weight is 627 g/mol. The fourth-order valence-corrected chi connectivity index (χ4v) is 6.08. The van der Waals surface area contributed by atoms with Gasteiger partial charge < -0.3 is 10.2 Å². The van der Waals surface area contributed by atoms with E-state index in [4.69, 9.17) is 23.2 Å². The molecule has 3 aromatic rings. The summed E-state index contributed by atoms with van der Waals surface area (Å²) in [5.74, 6) is -0.943. The number of halogens is 3. The molecule has 196 valence electrons. The topological polar surface area (TPSA) is 86.8 Å². The van der Waals surface area contributed by atoms with Crippen LogP contribution >= 0.6 is 39.1 Å². The maximum Gasteiger partial charge on any atom is 0.264 e. The van der Waals surface area contributed by atoms with Gasteiger partial charge in [-0.3, -0.25) is 13.9 Å². The molecule has 0 spiro atoms. The molecule has 3 rings (SSSR count). The van der Waals surface area contributed by atoms with E-state index in [0.29, 0.717) is 32.2 Å². The number of hydrogen-bond donors (Lipinski definition) is 1. The van der Waals surface area contributed by atoms with Crippen molar-refractivity contribution >= 4 is 66.7 Å². The zero-order valence-electron chi connectivity index (χ0n) is 20.2. The third-order valence-electron chi connectivity index (χ3n) is 5.69. The van der Waals surface area contributed by atoms with Crippen molar-refractivity contribution in [2.24, 2.45) is 0 Å². The number of nitrogens with one attached hydrogen (secondary N) is 1. The minimum Gasteiger partial charge on any atom is -0.357 e. The number of benzene rings is 3. The van der Waals surface area contributed by atoms with Gasteiger partial charge in [-0.25, -0.2) is 8.42 Å². The van der Waals surface area contributed by atoms with Crippen LogP contribution in [0.4, 0.5) is 5.69 Å². The number of sulfonamides is 1. The second-order valence-electron chi connectivity index (χ2n) is 8.10. The van der Waals surface area contributed by atoms with E-state index in [-0.39, 0.29) is 17.3 Å². The molecule has 11 heteroatoms. The highest BCUT2D eigenvalue weighted by atomic mass is 79.9. The Kier molecular flexibility index (Phi) is 10.0. The lowest BCUT2D eigenvalue weighted by Crippen LogP contribution is -2.51. The molecule has 0 saturated carbocycles. The Labute approximate surface area is 235 Å². The number of rotatable bonds is 10. The van der Waals surface area contributed by atoms with Crippen LogP contribution in [0.1, 0.15) is 18.9 Å². The monoisotopic (exact) mass is 625 g/mol. The van der Waals surface area contributed by atoms with Gasteiger partial charge in [-0.15, -0.1) is 0 Å². The molecule has 0 heterocycles. The maximum atomic E-state index is 13.9. The molecule has 2 amide bonds.